The van der Waals surface area contributed by atoms with Crippen LogP contribution in [0.4, 0.5) is 0 Å². The van der Waals surface area contributed by atoms with E-state index in [0.717, 1.165) is 24.3 Å². The molecule has 0 aromatic carbocycles. The lowest BCUT2D eigenvalue weighted by molar-refractivity contribution is 0.553. The predicted molar refractivity (Wildman–Crippen MR) is 78.6 cm³/mol. The summed E-state index contributed by atoms with van der Waals surface area (Å²) in [4.78, 5) is 0. The van der Waals surface area contributed by atoms with E-state index >= 15 is 0 Å². The zero-order chi connectivity index (χ0) is 14.0. The normalized spacial score (nSPS) is 12.9. The van der Waals surface area contributed by atoms with Crippen molar-refractivity contribution in [3.63, 3.8) is 0 Å². The fourth-order valence-corrected chi connectivity index (χ4v) is 2.63. The third kappa shape index (κ3) is 2.85. The lowest BCUT2D eigenvalue weighted by atomic mass is 10.2. The van der Waals surface area contributed by atoms with Crippen LogP contribution in [-0.2, 0) is 13.6 Å². The molecule has 0 saturated carbocycles. The first-order valence-electron chi connectivity index (χ1n) is 6.61. The first-order chi connectivity index (χ1) is 9.04. The van der Waals surface area contributed by atoms with Crippen molar-refractivity contribution < 1.29 is 0 Å². The summed E-state index contributed by atoms with van der Waals surface area (Å²) in [5, 5.41) is 8.51. The minimum atomic E-state index is 0.329. The molecule has 1 N–H and O–H groups in total. The number of hydrogen-bond donors (Lipinski definition) is 1. The maximum atomic E-state index is 6.30. The molecule has 104 valence electrons. The molecule has 2 aromatic heterocycles. The summed E-state index contributed by atoms with van der Waals surface area (Å²) in [6.07, 6.45) is 2.09. The van der Waals surface area contributed by atoms with E-state index in [4.69, 9.17) is 11.6 Å². The fraction of sp³-hybridized carbons (Fsp3) is 0.500. The molecule has 0 aliphatic carbocycles. The van der Waals surface area contributed by atoms with Gasteiger partial charge in [-0.1, -0.05) is 18.5 Å². The van der Waals surface area contributed by atoms with Gasteiger partial charge in [-0.3, -0.25) is 4.68 Å². The molecule has 0 amide bonds. The van der Waals surface area contributed by atoms with E-state index in [-0.39, 0.29) is 0 Å². The minimum Gasteiger partial charge on any atom is -0.345 e. The second-order valence-corrected chi connectivity index (χ2v) is 5.18. The molecule has 1 atom stereocenters. The van der Waals surface area contributed by atoms with E-state index in [2.05, 4.69) is 47.2 Å². The second-order valence-electron chi connectivity index (χ2n) is 4.82. The number of halogens is 1. The lowest BCUT2D eigenvalue weighted by Crippen LogP contribution is -2.20. The van der Waals surface area contributed by atoms with Crippen molar-refractivity contribution >= 4 is 11.6 Å². The monoisotopic (exact) mass is 280 g/mol. The van der Waals surface area contributed by atoms with Crippen LogP contribution in [0.15, 0.2) is 18.3 Å². The van der Waals surface area contributed by atoms with Gasteiger partial charge < -0.3 is 9.88 Å². The summed E-state index contributed by atoms with van der Waals surface area (Å²) in [6.45, 7) is 8.01. The molecule has 2 aromatic rings. The van der Waals surface area contributed by atoms with Gasteiger partial charge in [-0.2, -0.15) is 5.10 Å². The summed E-state index contributed by atoms with van der Waals surface area (Å²) in [6, 6.07) is 4.55. The molecule has 0 aliphatic rings. The van der Waals surface area contributed by atoms with Crippen molar-refractivity contribution in [2.75, 3.05) is 6.54 Å². The van der Waals surface area contributed by atoms with Gasteiger partial charge in [0.05, 0.1) is 12.2 Å². The number of hydrogen-bond acceptors (Lipinski definition) is 2. The molecule has 2 heterocycles. The summed E-state index contributed by atoms with van der Waals surface area (Å²) < 4.78 is 3.95. The zero-order valence-corrected chi connectivity index (χ0v) is 12.7. The Hall–Kier alpha value is -1.26. The van der Waals surface area contributed by atoms with Crippen LogP contribution in [-0.4, -0.2) is 20.9 Å². The molecule has 0 bridgehead atoms. The van der Waals surface area contributed by atoms with E-state index in [1.807, 2.05) is 14.0 Å². The van der Waals surface area contributed by atoms with Crippen LogP contribution in [0.3, 0.4) is 0 Å². The Labute approximate surface area is 119 Å². The third-order valence-electron chi connectivity index (χ3n) is 3.42. The van der Waals surface area contributed by atoms with Gasteiger partial charge >= 0.3 is 0 Å². The molecule has 0 spiro atoms. The van der Waals surface area contributed by atoms with E-state index in [1.54, 1.807) is 4.68 Å². The van der Waals surface area contributed by atoms with Crippen molar-refractivity contribution in [2.45, 2.75) is 33.4 Å². The smallest absolute Gasteiger partial charge is 0.131 e. The van der Waals surface area contributed by atoms with Crippen LogP contribution < -0.4 is 5.32 Å². The highest BCUT2D eigenvalue weighted by Crippen LogP contribution is 2.22. The highest BCUT2D eigenvalue weighted by Gasteiger charge is 2.14. The number of rotatable bonds is 5. The van der Waals surface area contributed by atoms with Gasteiger partial charge in [0, 0.05) is 30.5 Å². The van der Waals surface area contributed by atoms with E-state index < -0.39 is 0 Å². The first-order valence-corrected chi connectivity index (χ1v) is 6.98. The van der Waals surface area contributed by atoms with Gasteiger partial charge in [0.1, 0.15) is 5.15 Å². The molecule has 0 saturated heterocycles. The number of aromatic nitrogens is 3. The number of aryl methyl sites for hydroxylation is 2. The largest absolute Gasteiger partial charge is 0.345 e. The van der Waals surface area contributed by atoms with Crippen LogP contribution in [0.25, 0.3) is 0 Å². The molecule has 0 radical (unpaired) electrons. The average Bonchev–Trinajstić information content (AvgIpc) is 2.91. The van der Waals surface area contributed by atoms with Crippen LogP contribution in [0, 0.1) is 6.92 Å². The minimum absolute atomic E-state index is 0.329. The number of nitrogens with zero attached hydrogens (tertiary/aromatic N) is 3. The van der Waals surface area contributed by atoms with E-state index in [9.17, 15) is 0 Å². The molecule has 1 unspecified atom stereocenters. The van der Waals surface area contributed by atoms with Crippen molar-refractivity contribution in [1.29, 1.82) is 0 Å². The van der Waals surface area contributed by atoms with Crippen molar-refractivity contribution in [3.05, 3.63) is 40.4 Å². The fourth-order valence-electron chi connectivity index (χ4n) is 2.40. The second kappa shape index (κ2) is 5.80. The van der Waals surface area contributed by atoms with Crippen molar-refractivity contribution in [1.82, 2.24) is 19.7 Å². The van der Waals surface area contributed by atoms with Crippen LogP contribution in [0.5, 0.6) is 0 Å². The predicted octanol–water partition coefficient (Wildman–Crippen LogP) is 2.90. The highest BCUT2D eigenvalue weighted by atomic mass is 35.5. The van der Waals surface area contributed by atoms with E-state index in [1.165, 1.54) is 5.69 Å². The van der Waals surface area contributed by atoms with E-state index in [0.29, 0.717) is 11.2 Å². The van der Waals surface area contributed by atoms with Crippen molar-refractivity contribution in [2.24, 2.45) is 7.05 Å². The Bertz CT molecular complexity index is 556. The lowest BCUT2D eigenvalue weighted by Gasteiger charge is -2.16. The zero-order valence-electron chi connectivity index (χ0n) is 11.9. The molecule has 0 aliphatic heterocycles. The standard InChI is InChI=1S/C14H21ClN4/c1-5-16-11(3)13-7-6-8-19(13)9-12-10(2)17-18(4)14(12)15/h6-8,11,16H,5,9H2,1-4H3. The summed E-state index contributed by atoms with van der Waals surface area (Å²) in [5.74, 6) is 0. The average molecular weight is 281 g/mol. The molecule has 19 heavy (non-hydrogen) atoms. The summed E-state index contributed by atoms with van der Waals surface area (Å²) in [7, 11) is 1.87. The highest BCUT2D eigenvalue weighted by molar-refractivity contribution is 6.30. The maximum Gasteiger partial charge on any atom is 0.131 e. The molecule has 0 fully saturated rings. The Kier molecular flexibility index (Phi) is 4.32. The van der Waals surface area contributed by atoms with Crippen LogP contribution >= 0.6 is 11.6 Å². The van der Waals surface area contributed by atoms with Crippen molar-refractivity contribution in [3.8, 4) is 0 Å². The van der Waals surface area contributed by atoms with Crippen LogP contribution in [0.2, 0.25) is 5.15 Å². The Morgan fingerprint density at radius 1 is 1.47 bits per heavy atom. The van der Waals surface area contributed by atoms with Crippen LogP contribution in [0.1, 0.15) is 36.8 Å². The van der Waals surface area contributed by atoms with Gasteiger partial charge in [-0.15, -0.1) is 0 Å². The van der Waals surface area contributed by atoms with Gasteiger partial charge in [-0.05, 0) is 32.5 Å². The Morgan fingerprint density at radius 3 is 2.79 bits per heavy atom. The Morgan fingerprint density at radius 2 is 2.21 bits per heavy atom. The summed E-state index contributed by atoms with van der Waals surface area (Å²) in [5.41, 5.74) is 3.34. The molecular formula is C14H21ClN4. The van der Waals surface area contributed by atoms with Gasteiger partial charge in [0.2, 0.25) is 0 Å². The molecular weight excluding hydrogens is 260 g/mol. The maximum absolute atomic E-state index is 6.30. The van der Waals surface area contributed by atoms with Gasteiger partial charge in [0.15, 0.2) is 0 Å². The molecule has 4 nitrogen and oxygen atoms in total. The van der Waals surface area contributed by atoms with Gasteiger partial charge in [-0.25, -0.2) is 0 Å². The molecule has 5 heteroatoms. The quantitative estimate of drug-likeness (QED) is 0.914. The SMILES string of the molecule is CCNC(C)c1cccn1Cc1c(C)nn(C)c1Cl. The topological polar surface area (TPSA) is 34.8 Å². The number of nitrogens with one attached hydrogen (secondary N) is 1. The third-order valence-corrected chi connectivity index (χ3v) is 3.89. The Balaban J connectivity index is 2.27. The molecule has 2 rings (SSSR count). The first kappa shape index (κ1) is 14.2. The van der Waals surface area contributed by atoms with Gasteiger partial charge in [0.25, 0.3) is 0 Å². The summed E-state index contributed by atoms with van der Waals surface area (Å²) >= 11 is 6.30.